The first-order chi connectivity index (χ1) is 6.61. The van der Waals surface area contributed by atoms with Crippen LogP contribution in [0.25, 0.3) is 0 Å². The van der Waals surface area contributed by atoms with E-state index in [9.17, 15) is 10.1 Å². The molecule has 0 aliphatic carbocycles. The van der Waals surface area contributed by atoms with E-state index in [1.165, 1.54) is 0 Å². The number of nitro benzene ring substituents is 1. The lowest BCUT2D eigenvalue weighted by Crippen LogP contribution is -2.10. The van der Waals surface area contributed by atoms with E-state index in [-0.39, 0.29) is 11.7 Å². The number of nitro groups is 1. The number of rotatable bonds is 1. The lowest BCUT2D eigenvalue weighted by atomic mass is 10.1. The maximum absolute atomic E-state index is 10.8. The number of fused-ring (bicyclic) bond motifs is 1. The van der Waals surface area contributed by atoms with E-state index in [2.05, 4.69) is 0 Å². The first-order valence-electron chi connectivity index (χ1n) is 4.27. The number of aryl methyl sites for hydroxylation is 1. The van der Waals surface area contributed by atoms with Crippen molar-refractivity contribution in [2.24, 2.45) is 5.73 Å². The molecule has 14 heavy (non-hydrogen) atoms. The Kier molecular flexibility index (Phi) is 1.89. The maximum atomic E-state index is 10.8. The van der Waals surface area contributed by atoms with Crippen molar-refractivity contribution in [3.05, 3.63) is 33.4 Å². The minimum absolute atomic E-state index is 0.0375. The van der Waals surface area contributed by atoms with Crippen molar-refractivity contribution in [1.82, 2.24) is 0 Å². The average molecular weight is 194 g/mol. The zero-order valence-electron chi connectivity index (χ0n) is 7.69. The highest BCUT2D eigenvalue weighted by Gasteiger charge is 2.30. The Labute approximate surface area is 80.6 Å². The number of benzene rings is 1. The molecule has 74 valence electrons. The predicted octanol–water partition coefficient (Wildman–Crippen LogP) is 1.30. The first-order valence-corrected chi connectivity index (χ1v) is 4.27. The van der Waals surface area contributed by atoms with Crippen molar-refractivity contribution in [2.45, 2.75) is 13.0 Å². The van der Waals surface area contributed by atoms with E-state index >= 15 is 0 Å². The summed E-state index contributed by atoms with van der Waals surface area (Å²) >= 11 is 0. The fourth-order valence-electron chi connectivity index (χ4n) is 1.62. The van der Waals surface area contributed by atoms with Gasteiger partial charge in [0.1, 0.15) is 6.61 Å². The van der Waals surface area contributed by atoms with Crippen molar-refractivity contribution in [1.29, 1.82) is 0 Å². The van der Waals surface area contributed by atoms with Crippen LogP contribution < -0.4 is 10.5 Å². The number of ether oxygens (including phenoxy) is 1. The van der Waals surface area contributed by atoms with Crippen LogP contribution in [0.3, 0.4) is 0 Å². The Morgan fingerprint density at radius 2 is 2.36 bits per heavy atom. The third-order valence-corrected chi connectivity index (χ3v) is 2.35. The van der Waals surface area contributed by atoms with Crippen LogP contribution >= 0.6 is 0 Å². The van der Waals surface area contributed by atoms with Crippen molar-refractivity contribution in [3.8, 4) is 5.75 Å². The van der Waals surface area contributed by atoms with Crippen LogP contribution in [0.15, 0.2) is 12.1 Å². The molecule has 1 heterocycles. The average Bonchev–Trinajstić information content (AvgIpc) is 2.47. The van der Waals surface area contributed by atoms with Crippen molar-refractivity contribution >= 4 is 5.69 Å². The molecule has 5 heteroatoms. The quantitative estimate of drug-likeness (QED) is 0.539. The smallest absolute Gasteiger partial charge is 0.314 e. The highest BCUT2D eigenvalue weighted by atomic mass is 16.6. The minimum atomic E-state index is -0.424. The Morgan fingerprint density at radius 3 is 3.00 bits per heavy atom. The van der Waals surface area contributed by atoms with E-state index in [1.54, 1.807) is 19.1 Å². The van der Waals surface area contributed by atoms with Gasteiger partial charge in [0.2, 0.25) is 5.75 Å². The summed E-state index contributed by atoms with van der Waals surface area (Å²) in [5, 5.41) is 10.8. The van der Waals surface area contributed by atoms with Crippen LogP contribution in [-0.4, -0.2) is 11.5 Å². The van der Waals surface area contributed by atoms with Gasteiger partial charge in [-0.05, 0) is 6.92 Å². The molecule has 1 atom stereocenters. The summed E-state index contributed by atoms with van der Waals surface area (Å²) < 4.78 is 5.22. The summed E-state index contributed by atoms with van der Waals surface area (Å²) in [5.41, 5.74) is 7.08. The van der Waals surface area contributed by atoms with Crippen LogP contribution in [0.2, 0.25) is 0 Å². The summed E-state index contributed by atoms with van der Waals surface area (Å²) in [6, 6.07) is 3.24. The lowest BCUT2D eigenvalue weighted by Gasteiger charge is -2.03. The topological polar surface area (TPSA) is 78.4 Å². The van der Waals surface area contributed by atoms with Crippen molar-refractivity contribution < 1.29 is 9.66 Å². The van der Waals surface area contributed by atoms with Crippen molar-refractivity contribution in [2.75, 3.05) is 6.61 Å². The largest absolute Gasteiger partial charge is 0.485 e. The highest BCUT2D eigenvalue weighted by molar-refractivity contribution is 5.59. The van der Waals surface area contributed by atoms with Crippen LogP contribution in [0.1, 0.15) is 17.2 Å². The van der Waals surface area contributed by atoms with Gasteiger partial charge in [-0.25, -0.2) is 0 Å². The molecule has 1 aromatic carbocycles. The monoisotopic (exact) mass is 194 g/mol. The molecular formula is C9H10N2O3. The molecular weight excluding hydrogens is 184 g/mol. The molecule has 0 saturated heterocycles. The molecule has 0 amide bonds. The minimum Gasteiger partial charge on any atom is -0.485 e. The molecule has 0 fully saturated rings. The van der Waals surface area contributed by atoms with E-state index in [4.69, 9.17) is 10.5 Å². The number of nitrogens with zero attached hydrogens (tertiary/aromatic N) is 1. The first kappa shape index (κ1) is 8.96. The number of nitrogens with two attached hydrogens (primary N) is 1. The molecule has 2 rings (SSSR count). The second-order valence-electron chi connectivity index (χ2n) is 3.32. The number of hydrogen-bond acceptors (Lipinski definition) is 4. The van der Waals surface area contributed by atoms with Gasteiger partial charge in [-0.15, -0.1) is 0 Å². The standard InChI is InChI=1S/C9H10N2O3/c1-5-2-3-6-7(10)4-14-9(6)8(5)11(12)13/h2-3,7H,4,10H2,1H3/t7-/m0/s1. The molecule has 0 unspecified atom stereocenters. The summed E-state index contributed by atoms with van der Waals surface area (Å²) in [5.74, 6) is 0.336. The van der Waals surface area contributed by atoms with Gasteiger partial charge < -0.3 is 10.5 Å². The summed E-state index contributed by atoms with van der Waals surface area (Å²) in [6.07, 6.45) is 0. The predicted molar refractivity (Wildman–Crippen MR) is 50.3 cm³/mol. The van der Waals surface area contributed by atoms with Crippen LogP contribution in [0.5, 0.6) is 5.75 Å². The molecule has 0 spiro atoms. The van der Waals surface area contributed by atoms with E-state index in [0.717, 1.165) is 5.56 Å². The third kappa shape index (κ3) is 1.13. The summed E-state index contributed by atoms with van der Waals surface area (Å²) in [6.45, 7) is 2.01. The van der Waals surface area contributed by atoms with Gasteiger partial charge in [0.25, 0.3) is 0 Å². The number of hydrogen-bond donors (Lipinski definition) is 1. The SMILES string of the molecule is Cc1ccc2c(c1[N+](=O)[O-])OC[C@@H]2N. The van der Waals surface area contributed by atoms with Gasteiger partial charge in [-0.1, -0.05) is 12.1 Å². The Bertz CT molecular complexity index is 403. The Balaban J connectivity index is 2.65. The maximum Gasteiger partial charge on any atom is 0.314 e. The fourth-order valence-corrected chi connectivity index (χ4v) is 1.62. The lowest BCUT2D eigenvalue weighted by molar-refractivity contribution is -0.386. The van der Waals surface area contributed by atoms with Gasteiger partial charge in [0.05, 0.1) is 11.0 Å². The highest BCUT2D eigenvalue weighted by Crippen LogP contribution is 2.40. The molecule has 0 radical (unpaired) electrons. The Hall–Kier alpha value is -1.62. The van der Waals surface area contributed by atoms with Gasteiger partial charge in [0, 0.05) is 11.1 Å². The summed E-state index contributed by atoms with van der Waals surface area (Å²) in [4.78, 5) is 10.3. The normalized spacial score (nSPS) is 18.9. The van der Waals surface area contributed by atoms with Crippen molar-refractivity contribution in [3.63, 3.8) is 0 Å². The fraction of sp³-hybridized carbons (Fsp3) is 0.333. The van der Waals surface area contributed by atoms with E-state index in [1.807, 2.05) is 0 Å². The van der Waals surface area contributed by atoms with Crippen LogP contribution in [0.4, 0.5) is 5.69 Å². The molecule has 5 nitrogen and oxygen atoms in total. The molecule has 0 bridgehead atoms. The molecule has 1 aliphatic rings. The third-order valence-electron chi connectivity index (χ3n) is 2.35. The second-order valence-corrected chi connectivity index (χ2v) is 3.32. The molecule has 2 N–H and O–H groups in total. The molecule has 0 saturated carbocycles. The Morgan fingerprint density at radius 1 is 1.64 bits per heavy atom. The van der Waals surface area contributed by atoms with Gasteiger partial charge in [-0.3, -0.25) is 10.1 Å². The van der Waals surface area contributed by atoms with Gasteiger partial charge in [0.15, 0.2) is 0 Å². The zero-order valence-corrected chi connectivity index (χ0v) is 7.69. The van der Waals surface area contributed by atoms with E-state index < -0.39 is 4.92 Å². The molecule has 1 aliphatic heterocycles. The van der Waals surface area contributed by atoms with Gasteiger partial charge >= 0.3 is 5.69 Å². The van der Waals surface area contributed by atoms with Crippen LogP contribution in [-0.2, 0) is 0 Å². The second kappa shape index (κ2) is 2.95. The van der Waals surface area contributed by atoms with Crippen LogP contribution in [0, 0.1) is 17.0 Å². The molecule has 0 aromatic heterocycles. The van der Waals surface area contributed by atoms with Gasteiger partial charge in [-0.2, -0.15) is 0 Å². The van der Waals surface area contributed by atoms with E-state index in [0.29, 0.717) is 17.9 Å². The molecule has 1 aromatic rings. The zero-order chi connectivity index (χ0) is 10.3. The summed E-state index contributed by atoms with van der Waals surface area (Å²) in [7, 11) is 0.